The zero-order chi connectivity index (χ0) is 19.2. The number of nitrogens with zero attached hydrogens (tertiary/aromatic N) is 2. The number of hydrogen-bond donors (Lipinski definition) is 1. The molecule has 1 N–H and O–H groups in total. The topological polar surface area (TPSA) is 54.5 Å². The van der Waals surface area contributed by atoms with Crippen molar-refractivity contribution in [3.8, 4) is 5.75 Å². The number of hydrogen-bond acceptors (Lipinski definition) is 4. The first-order chi connectivity index (χ1) is 13.1. The average molecular weight is 367 g/mol. The Morgan fingerprint density at radius 3 is 2.63 bits per heavy atom. The second-order valence-electron chi connectivity index (χ2n) is 7.30. The van der Waals surface area contributed by atoms with Gasteiger partial charge in [0.1, 0.15) is 11.4 Å². The van der Waals surface area contributed by atoms with E-state index < -0.39 is 0 Å². The van der Waals surface area contributed by atoms with E-state index in [0.717, 1.165) is 30.1 Å². The number of benzene rings is 1. The van der Waals surface area contributed by atoms with Gasteiger partial charge in [0.25, 0.3) is 5.91 Å². The van der Waals surface area contributed by atoms with Crippen molar-refractivity contribution < 1.29 is 9.53 Å². The molecule has 1 amide bonds. The van der Waals surface area contributed by atoms with Gasteiger partial charge in [-0.2, -0.15) is 0 Å². The van der Waals surface area contributed by atoms with Crippen LogP contribution < -0.4 is 15.0 Å². The molecule has 5 nitrogen and oxygen atoms in total. The van der Waals surface area contributed by atoms with Gasteiger partial charge in [-0.1, -0.05) is 6.92 Å². The summed E-state index contributed by atoms with van der Waals surface area (Å²) >= 11 is 0. The van der Waals surface area contributed by atoms with E-state index in [4.69, 9.17) is 4.74 Å². The zero-order valence-electron chi connectivity index (χ0n) is 16.4. The smallest absolute Gasteiger partial charge is 0.274 e. The van der Waals surface area contributed by atoms with Crippen molar-refractivity contribution in [2.24, 2.45) is 0 Å². The molecule has 144 valence electrons. The molecule has 0 bridgehead atoms. The van der Waals surface area contributed by atoms with Crippen molar-refractivity contribution in [3.63, 3.8) is 0 Å². The highest BCUT2D eigenvalue weighted by Gasteiger charge is 2.21. The Kier molecular flexibility index (Phi) is 6.32. The molecule has 5 heteroatoms. The Morgan fingerprint density at radius 1 is 1.22 bits per heavy atom. The summed E-state index contributed by atoms with van der Waals surface area (Å²) < 4.78 is 5.62. The number of ether oxygens (including phenoxy) is 1. The third-order valence-corrected chi connectivity index (χ3v) is 4.89. The van der Waals surface area contributed by atoms with Crippen LogP contribution in [0.5, 0.6) is 5.75 Å². The Morgan fingerprint density at radius 2 is 2.00 bits per heavy atom. The first-order valence-corrected chi connectivity index (χ1v) is 9.87. The lowest BCUT2D eigenvalue weighted by molar-refractivity contribution is 0.102. The van der Waals surface area contributed by atoms with Gasteiger partial charge in [0.2, 0.25) is 0 Å². The van der Waals surface area contributed by atoms with E-state index >= 15 is 0 Å². The molecule has 1 aromatic heterocycles. The van der Waals surface area contributed by atoms with Crippen LogP contribution in [0.2, 0.25) is 0 Å². The van der Waals surface area contributed by atoms with Gasteiger partial charge in [-0.25, -0.2) is 4.98 Å². The summed E-state index contributed by atoms with van der Waals surface area (Å²) in [5, 5.41) is 2.89. The number of aromatic nitrogens is 1. The van der Waals surface area contributed by atoms with Crippen molar-refractivity contribution >= 4 is 17.3 Å². The minimum atomic E-state index is -0.204. The van der Waals surface area contributed by atoms with E-state index in [1.807, 2.05) is 56.4 Å². The molecule has 1 aliphatic rings. The Labute approximate surface area is 161 Å². The lowest BCUT2D eigenvalue weighted by Gasteiger charge is -2.37. The second-order valence-corrected chi connectivity index (χ2v) is 7.30. The van der Waals surface area contributed by atoms with Crippen molar-refractivity contribution in [1.82, 2.24) is 4.98 Å². The Hall–Kier alpha value is -2.56. The second kappa shape index (κ2) is 8.89. The minimum Gasteiger partial charge on any atom is -0.491 e. The molecule has 0 radical (unpaired) electrons. The maximum atomic E-state index is 12.5. The lowest BCUT2D eigenvalue weighted by atomic mass is 9.99. The van der Waals surface area contributed by atoms with Gasteiger partial charge in [-0.3, -0.25) is 4.79 Å². The van der Waals surface area contributed by atoms with Gasteiger partial charge in [-0.05, 0) is 75.9 Å². The molecule has 1 unspecified atom stereocenters. The molecule has 0 aliphatic carbocycles. The van der Waals surface area contributed by atoms with Crippen molar-refractivity contribution in [2.75, 3.05) is 16.8 Å². The van der Waals surface area contributed by atoms with Gasteiger partial charge in [0.05, 0.1) is 18.0 Å². The van der Waals surface area contributed by atoms with Gasteiger partial charge in [0, 0.05) is 18.3 Å². The highest BCUT2D eigenvalue weighted by Crippen LogP contribution is 2.26. The Balaban J connectivity index is 1.63. The average Bonchev–Trinajstić information content (AvgIpc) is 2.69. The van der Waals surface area contributed by atoms with Crippen LogP contribution in [-0.2, 0) is 0 Å². The standard InChI is InChI=1S/C22H29N3O2/c1-4-18-7-5-6-14-25(18)19-10-13-21(23-15-19)22(26)24-17-8-11-20(12-9-17)27-16(2)3/h8-13,15-16,18H,4-7,14H2,1-3H3,(H,24,26). The van der Waals surface area contributed by atoms with Crippen LogP contribution in [0.1, 0.15) is 56.9 Å². The number of carbonyl (C=O) groups is 1. The van der Waals surface area contributed by atoms with E-state index in [0.29, 0.717) is 11.7 Å². The van der Waals surface area contributed by atoms with Gasteiger partial charge < -0.3 is 15.0 Å². The molecule has 1 saturated heterocycles. The van der Waals surface area contributed by atoms with Gasteiger partial charge in [-0.15, -0.1) is 0 Å². The van der Waals surface area contributed by atoms with E-state index in [9.17, 15) is 4.79 Å². The molecule has 1 aromatic carbocycles. The van der Waals surface area contributed by atoms with E-state index in [1.54, 1.807) is 0 Å². The van der Waals surface area contributed by atoms with Crippen LogP contribution in [0.25, 0.3) is 0 Å². The largest absolute Gasteiger partial charge is 0.491 e. The van der Waals surface area contributed by atoms with Crippen molar-refractivity contribution in [3.05, 3.63) is 48.3 Å². The fourth-order valence-electron chi connectivity index (χ4n) is 3.54. The molecule has 0 spiro atoms. The van der Waals surface area contributed by atoms with Crippen LogP contribution in [-0.4, -0.2) is 29.6 Å². The molecule has 1 aliphatic heterocycles. The number of carbonyl (C=O) groups excluding carboxylic acids is 1. The summed E-state index contributed by atoms with van der Waals surface area (Å²) in [5.74, 6) is 0.585. The minimum absolute atomic E-state index is 0.125. The van der Waals surface area contributed by atoms with E-state index in [-0.39, 0.29) is 12.0 Å². The third kappa shape index (κ3) is 5.00. The fourth-order valence-corrected chi connectivity index (χ4v) is 3.54. The van der Waals surface area contributed by atoms with Crippen LogP contribution in [0.15, 0.2) is 42.6 Å². The zero-order valence-corrected chi connectivity index (χ0v) is 16.4. The molecule has 3 rings (SSSR count). The van der Waals surface area contributed by atoms with Crippen molar-refractivity contribution in [1.29, 1.82) is 0 Å². The maximum Gasteiger partial charge on any atom is 0.274 e. The molecule has 1 atom stereocenters. The van der Waals surface area contributed by atoms with Crippen LogP contribution >= 0.6 is 0 Å². The number of piperidine rings is 1. The summed E-state index contributed by atoms with van der Waals surface area (Å²) in [7, 11) is 0. The summed E-state index contributed by atoms with van der Waals surface area (Å²) in [4.78, 5) is 19.3. The monoisotopic (exact) mass is 367 g/mol. The van der Waals surface area contributed by atoms with Gasteiger partial charge in [0.15, 0.2) is 0 Å². The van der Waals surface area contributed by atoms with E-state index in [2.05, 4.69) is 22.1 Å². The number of amides is 1. The van der Waals surface area contributed by atoms with Gasteiger partial charge >= 0.3 is 0 Å². The maximum absolute atomic E-state index is 12.5. The molecule has 1 fully saturated rings. The summed E-state index contributed by atoms with van der Waals surface area (Å²) in [5.41, 5.74) is 2.25. The molecule has 0 saturated carbocycles. The molecular formula is C22H29N3O2. The fraction of sp³-hybridized carbons (Fsp3) is 0.455. The highest BCUT2D eigenvalue weighted by molar-refractivity contribution is 6.02. The SMILES string of the molecule is CCC1CCCCN1c1ccc(C(=O)Nc2ccc(OC(C)C)cc2)nc1. The Bertz CT molecular complexity index is 741. The third-order valence-electron chi connectivity index (χ3n) is 4.89. The first-order valence-electron chi connectivity index (χ1n) is 9.87. The predicted molar refractivity (Wildman–Crippen MR) is 110 cm³/mol. The number of nitrogens with one attached hydrogen (secondary N) is 1. The van der Waals surface area contributed by atoms with Crippen LogP contribution in [0.3, 0.4) is 0 Å². The summed E-state index contributed by atoms with van der Waals surface area (Å²) in [6, 6.07) is 11.8. The quantitative estimate of drug-likeness (QED) is 0.790. The van der Waals surface area contributed by atoms with Crippen molar-refractivity contribution in [2.45, 2.75) is 58.6 Å². The normalized spacial score (nSPS) is 17.0. The highest BCUT2D eigenvalue weighted by atomic mass is 16.5. The number of anilines is 2. The molecule has 27 heavy (non-hydrogen) atoms. The number of rotatable bonds is 6. The predicted octanol–water partition coefficient (Wildman–Crippen LogP) is 4.89. The summed E-state index contributed by atoms with van der Waals surface area (Å²) in [6.07, 6.45) is 6.83. The summed E-state index contributed by atoms with van der Waals surface area (Å²) in [6.45, 7) is 7.27. The lowest BCUT2D eigenvalue weighted by Crippen LogP contribution is -2.39. The molecule has 2 aromatic rings. The molecule has 2 heterocycles. The number of pyridine rings is 1. The first kappa shape index (κ1) is 19.2. The van der Waals surface area contributed by atoms with Crippen LogP contribution in [0, 0.1) is 0 Å². The van der Waals surface area contributed by atoms with Crippen LogP contribution in [0.4, 0.5) is 11.4 Å². The van der Waals surface area contributed by atoms with E-state index in [1.165, 1.54) is 19.3 Å². The molecular weight excluding hydrogens is 338 g/mol.